The number of carbonyl (C=O) groups excluding carboxylic acids is 4. The number of Topliss-reactive ketones (excluding diaryl/α,β-unsaturated/α-hetero) is 1. The maximum atomic E-state index is 14.4. The highest BCUT2D eigenvalue weighted by molar-refractivity contribution is 6.30. The van der Waals surface area contributed by atoms with Crippen LogP contribution < -0.4 is 16.4 Å². The number of unbranched alkanes of at least 4 members (excludes halogenated alkanes) is 1. The van der Waals surface area contributed by atoms with Crippen molar-refractivity contribution in [3.63, 3.8) is 0 Å². The molecule has 11 heteroatoms. The molecule has 0 aromatic heterocycles. The van der Waals surface area contributed by atoms with E-state index >= 15 is 0 Å². The number of nitrogens with one attached hydrogen (secondary N) is 2. The van der Waals surface area contributed by atoms with E-state index in [1.54, 1.807) is 24.3 Å². The maximum Gasteiger partial charge on any atom is 0.309 e. The first-order chi connectivity index (χ1) is 29.8. The molecule has 5 fully saturated rings. The molecule has 11 atom stereocenters. The lowest BCUT2D eigenvalue weighted by atomic mass is 9.33. The molecule has 354 valence electrons. The number of carboxylic acid groups (broad SMARTS) is 1. The number of amides is 2. The number of carbonyl (C=O) groups is 5. The predicted octanol–water partition coefficient (Wildman–Crippen LogP) is 10.1. The smallest absolute Gasteiger partial charge is 0.309 e. The summed E-state index contributed by atoms with van der Waals surface area (Å²) in [5.74, 6) is -1.06. The van der Waals surface area contributed by atoms with Gasteiger partial charge in [0.25, 0.3) is 5.91 Å². The van der Waals surface area contributed by atoms with Crippen LogP contribution in [0.2, 0.25) is 5.02 Å². The molecule has 0 radical (unpaired) electrons. The number of rotatable bonds is 14. The summed E-state index contributed by atoms with van der Waals surface area (Å²) >= 11 is 6.10. The zero-order valence-electron chi connectivity index (χ0n) is 40.5. The van der Waals surface area contributed by atoms with Crippen LogP contribution in [0.15, 0.2) is 35.4 Å². The van der Waals surface area contributed by atoms with Crippen LogP contribution in [0.5, 0.6) is 0 Å². The van der Waals surface area contributed by atoms with E-state index in [1.165, 1.54) is 5.57 Å². The van der Waals surface area contributed by atoms with Crippen molar-refractivity contribution in [1.82, 2.24) is 10.6 Å². The molecular formula is C53H78ClN3O7. The molecule has 64 heavy (non-hydrogen) atoms. The van der Waals surface area contributed by atoms with Gasteiger partial charge in [-0.2, -0.15) is 0 Å². The van der Waals surface area contributed by atoms with Gasteiger partial charge >= 0.3 is 11.9 Å². The molecule has 6 aliphatic rings. The number of ketones is 1. The predicted molar refractivity (Wildman–Crippen MR) is 250 cm³/mol. The van der Waals surface area contributed by atoms with Gasteiger partial charge in [0.2, 0.25) is 5.91 Å². The molecule has 5 saturated carbocycles. The van der Waals surface area contributed by atoms with E-state index in [2.05, 4.69) is 59.1 Å². The van der Waals surface area contributed by atoms with E-state index in [0.29, 0.717) is 48.2 Å². The summed E-state index contributed by atoms with van der Waals surface area (Å²) in [6.45, 7) is 23.0. The summed E-state index contributed by atoms with van der Waals surface area (Å²) in [6, 6.07) is 6.79. The van der Waals surface area contributed by atoms with Gasteiger partial charge in [-0.05, 0) is 166 Å². The van der Waals surface area contributed by atoms with E-state index < -0.39 is 34.2 Å². The molecular weight excluding hydrogens is 826 g/mol. The van der Waals surface area contributed by atoms with E-state index in [4.69, 9.17) is 22.1 Å². The standard InChI is InChI=1S/C53H78ClN3O7/c1-31(2)42-37(58)28-53(29-41(59)56-30-49(7,21-11-12-26-55)57-44(60)32-13-15-33(54)16-14-32)25-24-51(9)34(43(42)53)17-18-39-50(8)22-20-40(48(5,6)38(50)19-23-52(39,51)10)64-46(63)36-27-35(45(61)62)47(36,3)4/h13-16,31,34-36,38-40H,11-12,17-30,55H2,1-10H3,(H,56,59)(H,57,60)(H,61,62)/t34-,35+,36-,38+,39-,40+,49?,50+,51-,52-,53+/m1/s1. The third kappa shape index (κ3) is 7.98. The van der Waals surface area contributed by atoms with Crippen LogP contribution in [0, 0.1) is 68.0 Å². The van der Waals surface area contributed by atoms with Gasteiger partial charge in [0.1, 0.15) is 6.10 Å². The Bertz CT molecular complexity index is 2060. The van der Waals surface area contributed by atoms with Gasteiger partial charge in [-0.1, -0.05) is 79.5 Å². The van der Waals surface area contributed by atoms with Gasteiger partial charge in [-0.3, -0.25) is 24.0 Å². The second kappa shape index (κ2) is 17.1. The number of benzene rings is 1. The molecule has 7 rings (SSSR count). The number of ether oxygens (including phenoxy) is 1. The Labute approximate surface area is 387 Å². The summed E-state index contributed by atoms with van der Waals surface area (Å²) < 4.78 is 6.44. The Morgan fingerprint density at radius 3 is 2.19 bits per heavy atom. The summed E-state index contributed by atoms with van der Waals surface area (Å²) in [6.07, 6.45) is 10.6. The number of allylic oxidation sites excluding steroid dienone is 2. The number of hydrogen-bond donors (Lipinski definition) is 4. The molecule has 1 aromatic carbocycles. The van der Waals surface area contributed by atoms with Crippen LogP contribution in [0.3, 0.4) is 0 Å². The fourth-order valence-electron chi connectivity index (χ4n) is 15.6. The van der Waals surface area contributed by atoms with Crippen LogP contribution in [-0.2, 0) is 23.9 Å². The zero-order chi connectivity index (χ0) is 47.0. The molecule has 10 nitrogen and oxygen atoms in total. The number of halogens is 1. The first-order valence-electron chi connectivity index (χ1n) is 24.6. The minimum Gasteiger partial charge on any atom is -0.481 e. The number of aliphatic carboxylic acids is 1. The Morgan fingerprint density at radius 2 is 1.56 bits per heavy atom. The molecule has 0 saturated heterocycles. The fourth-order valence-corrected chi connectivity index (χ4v) is 15.7. The number of carboxylic acids is 1. The number of nitrogens with two attached hydrogens (primary N) is 1. The summed E-state index contributed by atoms with van der Waals surface area (Å²) in [4.78, 5) is 67.6. The minimum absolute atomic E-state index is 0.00530. The average molecular weight is 905 g/mol. The highest BCUT2D eigenvalue weighted by Gasteiger charge is 2.70. The lowest BCUT2D eigenvalue weighted by molar-refractivity contribution is -0.236. The van der Waals surface area contributed by atoms with Crippen molar-refractivity contribution in [3.05, 3.63) is 46.0 Å². The van der Waals surface area contributed by atoms with Crippen LogP contribution in [0.1, 0.15) is 169 Å². The van der Waals surface area contributed by atoms with Crippen molar-refractivity contribution >= 4 is 41.1 Å². The minimum atomic E-state index is -0.843. The quantitative estimate of drug-likeness (QED) is 0.106. The molecule has 2 amide bonds. The lowest BCUT2D eigenvalue weighted by Crippen LogP contribution is -2.66. The molecule has 1 aromatic rings. The molecule has 0 aliphatic heterocycles. The summed E-state index contributed by atoms with van der Waals surface area (Å²) in [5, 5.41) is 16.7. The van der Waals surface area contributed by atoms with Gasteiger partial charge in [-0.15, -0.1) is 0 Å². The highest BCUT2D eigenvalue weighted by atomic mass is 35.5. The van der Waals surface area contributed by atoms with Crippen molar-refractivity contribution in [3.8, 4) is 0 Å². The molecule has 5 N–H and O–H groups in total. The maximum absolute atomic E-state index is 14.4. The third-order valence-electron chi connectivity index (χ3n) is 19.5. The molecule has 0 heterocycles. The lowest BCUT2D eigenvalue weighted by Gasteiger charge is -2.72. The van der Waals surface area contributed by atoms with Crippen molar-refractivity contribution in [2.24, 2.45) is 73.7 Å². The number of hydrogen-bond acceptors (Lipinski definition) is 7. The van der Waals surface area contributed by atoms with Crippen LogP contribution in [0.4, 0.5) is 0 Å². The van der Waals surface area contributed by atoms with Gasteiger partial charge in [0.05, 0.1) is 17.4 Å². The molecule has 0 spiro atoms. The molecule has 1 unspecified atom stereocenters. The molecule has 0 bridgehead atoms. The number of fused-ring (bicyclic) bond motifs is 7. The van der Waals surface area contributed by atoms with Gasteiger partial charge in [0.15, 0.2) is 5.78 Å². The van der Waals surface area contributed by atoms with Crippen LogP contribution in [-0.4, -0.2) is 59.4 Å². The van der Waals surface area contributed by atoms with Gasteiger partial charge in [-0.25, -0.2) is 0 Å². The van der Waals surface area contributed by atoms with Gasteiger partial charge < -0.3 is 26.2 Å². The van der Waals surface area contributed by atoms with E-state index in [9.17, 15) is 29.1 Å². The van der Waals surface area contributed by atoms with Crippen molar-refractivity contribution in [1.29, 1.82) is 0 Å². The monoisotopic (exact) mass is 904 g/mol. The van der Waals surface area contributed by atoms with Crippen LogP contribution >= 0.6 is 11.6 Å². The van der Waals surface area contributed by atoms with Gasteiger partial charge in [0, 0.05) is 40.8 Å². The summed E-state index contributed by atoms with van der Waals surface area (Å²) in [5.41, 5.74) is 6.43. The second-order valence-electron chi connectivity index (χ2n) is 24.0. The SMILES string of the molecule is CC(C)C1=C2[C@H]3CC[C@@H]4[C@@]5(C)CC[C@H](OC(=O)[C@H]6C[C@@H](C(=O)O)C6(C)C)C(C)(C)[C@@H]5CC[C@@]4(C)[C@]3(C)CC[C@@]2(CC(=O)NCC(C)(CCCCN)NC(=O)c2ccc(Cl)cc2)CC1=O. The summed E-state index contributed by atoms with van der Waals surface area (Å²) in [7, 11) is 0. The van der Waals surface area contributed by atoms with Crippen LogP contribution in [0.25, 0.3) is 0 Å². The largest absolute Gasteiger partial charge is 0.481 e. The Morgan fingerprint density at radius 1 is 0.875 bits per heavy atom. The Kier molecular flexibility index (Phi) is 13.0. The first-order valence-corrected chi connectivity index (χ1v) is 24.9. The van der Waals surface area contributed by atoms with Crippen molar-refractivity contribution in [2.45, 2.75) is 171 Å². The van der Waals surface area contributed by atoms with E-state index in [0.717, 1.165) is 69.8 Å². The normalized spacial score (nSPS) is 36.9. The molecule has 6 aliphatic carbocycles. The number of esters is 1. The van der Waals surface area contributed by atoms with E-state index in [-0.39, 0.29) is 76.1 Å². The van der Waals surface area contributed by atoms with Crippen molar-refractivity contribution < 1.29 is 33.8 Å². The second-order valence-corrected chi connectivity index (χ2v) is 24.4. The first kappa shape index (κ1) is 48.7. The highest BCUT2D eigenvalue weighted by Crippen LogP contribution is 2.77. The zero-order valence-corrected chi connectivity index (χ0v) is 41.3. The average Bonchev–Trinajstić information content (AvgIpc) is 3.49. The Hall–Kier alpha value is -3.24. The van der Waals surface area contributed by atoms with Crippen molar-refractivity contribution in [2.75, 3.05) is 13.1 Å². The Balaban J connectivity index is 1.09. The van der Waals surface area contributed by atoms with E-state index in [1.807, 2.05) is 20.8 Å². The third-order valence-corrected chi connectivity index (χ3v) is 19.8. The fraction of sp³-hybridized carbons (Fsp3) is 0.755. The topological polar surface area (TPSA) is 165 Å².